The minimum absolute atomic E-state index is 0.129. The maximum absolute atomic E-state index is 14.7. The second-order valence-corrected chi connectivity index (χ2v) is 8.13. The Bertz CT molecular complexity index is 1250. The SMILES string of the molecule is O=C(Nc1ccc(Cl)cn1)[C@H]1C[C@@H](F)C[C@@H]1C(=O)Nc1ccc(-n2ccccc2=O)cc1F. The number of hydrogen-bond acceptors (Lipinski definition) is 4. The molecule has 2 aromatic heterocycles. The Morgan fingerprint density at radius 2 is 1.76 bits per heavy atom. The van der Waals surface area contributed by atoms with Crippen LogP contribution in [0.2, 0.25) is 5.02 Å². The van der Waals surface area contributed by atoms with Gasteiger partial charge in [-0.2, -0.15) is 0 Å². The maximum atomic E-state index is 14.7. The highest BCUT2D eigenvalue weighted by atomic mass is 35.5. The van der Waals surface area contributed by atoms with E-state index in [4.69, 9.17) is 11.6 Å². The Balaban J connectivity index is 1.48. The van der Waals surface area contributed by atoms with Crippen molar-refractivity contribution in [2.75, 3.05) is 10.6 Å². The molecule has 3 atom stereocenters. The van der Waals surface area contributed by atoms with Gasteiger partial charge in [0.15, 0.2) is 0 Å². The van der Waals surface area contributed by atoms with Gasteiger partial charge in [0.25, 0.3) is 5.56 Å². The second kappa shape index (κ2) is 9.50. The molecule has 1 fully saturated rings. The van der Waals surface area contributed by atoms with Crippen molar-refractivity contribution >= 4 is 34.9 Å². The molecule has 0 bridgehead atoms. The van der Waals surface area contributed by atoms with Gasteiger partial charge in [-0.05, 0) is 43.2 Å². The number of carbonyl (C=O) groups excluding carboxylic acids is 2. The van der Waals surface area contributed by atoms with E-state index < -0.39 is 35.6 Å². The van der Waals surface area contributed by atoms with Gasteiger partial charge in [-0.1, -0.05) is 17.7 Å². The lowest BCUT2D eigenvalue weighted by molar-refractivity contribution is -0.128. The molecular formula is C23H19ClF2N4O3. The lowest BCUT2D eigenvalue weighted by atomic mass is 9.94. The van der Waals surface area contributed by atoms with Gasteiger partial charge in [0.1, 0.15) is 17.8 Å². The Morgan fingerprint density at radius 1 is 1.03 bits per heavy atom. The first-order chi connectivity index (χ1) is 15.8. The van der Waals surface area contributed by atoms with Gasteiger partial charge in [-0.15, -0.1) is 0 Å². The molecule has 7 nitrogen and oxygen atoms in total. The van der Waals surface area contributed by atoms with Gasteiger partial charge in [0.2, 0.25) is 11.8 Å². The van der Waals surface area contributed by atoms with E-state index in [-0.39, 0.29) is 35.6 Å². The van der Waals surface area contributed by atoms with Crippen LogP contribution in [0.1, 0.15) is 12.8 Å². The number of alkyl halides is 1. The summed E-state index contributed by atoms with van der Waals surface area (Å²) in [6.45, 7) is 0. The van der Waals surface area contributed by atoms with Crippen LogP contribution in [0.25, 0.3) is 5.69 Å². The number of benzene rings is 1. The summed E-state index contributed by atoms with van der Waals surface area (Å²) in [5.41, 5.74) is -0.181. The number of pyridine rings is 2. The quantitative estimate of drug-likeness (QED) is 0.587. The Kier molecular flexibility index (Phi) is 6.50. The smallest absolute Gasteiger partial charge is 0.255 e. The molecule has 1 aliphatic carbocycles. The molecule has 0 unspecified atom stereocenters. The zero-order chi connectivity index (χ0) is 23.5. The number of amides is 2. The highest BCUT2D eigenvalue weighted by Crippen LogP contribution is 2.36. The fourth-order valence-electron chi connectivity index (χ4n) is 3.85. The van der Waals surface area contributed by atoms with Crippen LogP contribution in [0, 0.1) is 17.7 Å². The number of anilines is 2. The van der Waals surface area contributed by atoms with Gasteiger partial charge >= 0.3 is 0 Å². The molecule has 2 amide bonds. The summed E-state index contributed by atoms with van der Waals surface area (Å²) in [7, 11) is 0. The topological polar surface area (TPSA) is 93.1 Å². The monoisotopic (exact) mass is 472 g/mol. The van der Waals surface area contributed by atoms with Crippen molar-refractivity contribution in [3.63, 3.8) is 0 Å². The molecule has 0 saturated heterocycles. The summed E-state index contributed by atoms with van der Waals surface area (Å²) in [5, 5.41) is 5.39. The van der Waals surface area contributed by atoms with E-state index in [9.17, 15) is 23.2 Å². The van der Waals surface area contributed by atoms with Crippen LogP contribution in [0.3, 0.4) is 0 Å². The van der Waals surface area contributed by atoms with Gasteiger partial charge < -0.3 is 10.6 Å². The average Bonchev–Trinajstić information content (AvgIpc) is 3.19. The van der Waals surface area contributed by atoms with Gasteiger partial charge in [0.05, 0.1) is 28.2 Å². The number of nitrogens with zero attached hydrogens (tertiary/aromatic N) is 2. The van der Waals surface area contributed by atoms with E-state index in [1.165, 1.54) is 47.3 Å². The molecule has 33 heavy (non-hydrogen) atoms. The molecule has 0 aliphatic heterocycles. The summed E-state index contributed by atoms with van der Waals surface area (Å²) in [5.74, 6) is -3.68. The fourth-order valence-corrected chi connectivity index (χ4v) is 3.96. The summed E-state index contributed by atoms with van der Waals surface area (Å²) < 4.78 is 30.1. The molecule has 2 heterocycles. The molecule has 3 aromatic rings. The third-order valence-electron chi connectivity index (χ3n) is 5.47. The minimum atomic E-state index is -1.34. The third-order valence-corrected chi connectivity index (χ3v) is 5.69. The van der Waals surface area contributed by atoms with Gasteiger partial charge in [-0.3, -0.25) is 19.0 Å². The summed E-state index contributed by atoms with van der Waals surface area (Å²) in [6, 6.07) is 11.5. The molecule has 0 spiro atoms. The Morgan fingerprint density at radius 3 is 2.39 bits per heavy atom. The third kappa shape index (κ3) is 5.09. The van der Waals surface area contributed by atoms with Crippen LogP contribution in [0.15, 0.2) is 65.7 Å². The van der Waals surface area contributed by atoms with Crippen molar-refractivity contribution < 1.29 is 18.4 Å². The number of carbonyl (C=O) groups is 2. The molecule has 2 N–H and O–H groups in total. The van der Waals surface area contributed by atoms with Crippen molar-refractivity contribution in [2.45, 2.75) is 19.0 Å². The maximum Gasteiger partial charge on any atom is 0.255 e. The molecule has 0 radical (unpaired) electrons. The van der Waals surface area contributed by atoms with Crippen LogP contribution in [-0.2, 0) is 9.59 Å². The second-order valence-electron chi connectivity index (χ2n) is 7.69. The van der Waals surface area contributed by atoms with Crippen molar-refractivity contribution in [1.29, 1.82) is 0 Å². The first-order valence-corrected chi connectivity index (χ1v) is 10.5. The van der Waals surface area contributed by atoms with Crippen LogP contribution >= 0.6 is 11.6 Å². The van der Waals surface area contributed by atoms with Crippen molar-refractivity contribution in [3.05, 3.63) is 82.1 Å². The predicted octanol–water partition coefficient (Wildman–Crippen LogP) is 3.97. The Labute approximate surface area is 192 Å². The van der Waals surface area contributed by atoms with E-state index in [1.807, 2.05) is 0 Å². The molecule has 1 aliphatic rings. The predicted molar refractivity (Wildman–Crippen MR) is 120 cm³/mol. The highest BCUT2D eigenvalue weighted by Gasteiger charge is 2.43. The molecule has 4 rings (SSSR count). The van der Waals surface area contributed by atoms with Gasteiger partial charge in [0, 0.05) is 24.5 Å². The van der Waals surface area contributed by atoms with Crippen LogP contribution in [-0.4, -0.2) is 27.5 Å². The lowest BCUT2D eigenvalue weighted by Crippen LogP contribution is -2.33. The molecule has 170 valence electrons. The largest absolute Gasteiger partial charge is 0.323 e. The van der Waals surface area contributed by atoms with Crippen molar-refractivity contribution in [3.8, 4) is 5.69 Å². The average molecular weight is 473 g/mol. The first kappa shape index (κ1) is 22.6. The standard InChI is InChI=1S/C23H19ClF2N4O3/c24-13-4-7-20(27-12-13)29-23(33)17-10-14(25)9-16(17)22(32)28-19-6-5-15(11-18(19)26)30-8-2-1-3-21(30)31/h1-8,11-12,14,16-17H,9-10H2,(H,28,32)(H,27,29,33)/t14-,16-,17-/m0/s1. The normalized spacial score (nSPS) is 19.8. The summed E-state index contributed by atoms with van der Waals surface area (Å²) in [6.07, 6.45) is 1.22. The van der Waals surface area contributed by atoms with Crippen LogP contribution in [0.5, 0.6) is 0 Å². The van der Waals surface area contributed by atoms with Crippen molar-refractivity contribution in [2.24, 2.45) is 11.8 Å². The Hall–Kier alpha value is -3.59. The number of rotatable bonds is 5. The van der Waals surface area contributed by atoms with E-state index in [0.717, 1.165) is 6.07 Å². The van der Waals surface area contributed by atoms with Gasteiger partial charge in [-0.25, -0.2) is 13.8 Å². The minimum Gasteiger partial charge on any atom is -0.323 e. The zero-order valence-electron chi connectivity index (χ0n) is 17.2. The lowest BCUT2D eigenvalue weighted by Gasteiger charge is -2.18. The number of hydrogen-bond donors (Lipinski definition) is 2. The van der Waals surface area contributed by atoms with E-state index in [2.05, 4.69) is 15.6 Å². The summed E-state index contributed by atoms with van der Waals surface area (Å²) in [4.78, 5) is 41.4. The number of nitrogens with one attached hydrogen (secondary N) is 2. The molecule has 1 saturated carbocycles. The zero-order valence-corrected chi connectivity index (χ0v) is 17.9. The van der Waals surface area contributed by atoms with Crippen molar-refractivity contribution in [1.82, 2.24) is 9.55 Å². The van der Waals surface area contributed by atoms with Crippen LogP contribution in [0.4, 0.5) is 20.3 Å². The highest BCUT2D eigenvalue weighted by molar-refractivity contribution is 6.30. The number of aromatic nitrogens is 2. The first-order valence-electron chi connectivity index (χ1n) is 10.2. The molecule has 1 aromatic carbocycles. The summed E-state index contributed by atoms with van der Waals surface area (Å²) >= 11 is 5.78. The van der Waals surface area contributed by atoms with E-state index in [1.54, 1.807) is 12.1 Å². The van der Waals surface area contributed by atoms with E-state index in [0.29, 0.717) is 5.02 Å². The fraction of sp³-hybridized carbons (Fsp3) is 0.217. The molecular weight excluding hydrogens is 454 g/mol. The molecule has 10 heteroatoms. The number of halogens is 3. The van der Waals surface area contributed by atoms with Crippen LogP contribution < -0.4 is 16.2 Å². The van der Waals surface area contributed by atoms with E-state index >= 15 is 0 Å².